The minimum atomic E-state index is -0.152. The van der Waals surface area contributed by atoms with Crippen molar-refractivity contribution >= 4 is 23.2 Å². The molecule has 2 heterocycles. The van der Waals surface area contributed by atoms with E-state index in [1.54, 1.807) is 9.80 Å². The quantitative estimate of drug-likeness (QED) is 0.871. The van der Waals surface area contributed by atoms with Gasteiger partial charge in [0.25, 0.3) is 5.91 Å². The molecule has 2 aliphatic heterocycles. The Bertz CT molecular complexity index is 617. The zero-order valence-corrected chi connectivity index (χ0v) is 12.9. The molecule has 0 aromatic heterocycles. The summed E-state index contributed by atoms with van der Waals surface area (Å²) in [5.74, 6) is -0.127. The maximum Gasteiger partial charge on any atom is 0.253 e. The van der Waals surface area contributed by atoms with E-state index in [-0.39, 0.29) is 30.4 Å². The van der Waals surface area contributed by atoms with E-state index in [1.165, 1.54) is 0 Å². The van der Waals surface area contributed by atoms with Crippen molar-refractivity contribution < 1.29 is 14.3 Å². The maximum absolute atomic E-state index is 12.2. The van der Waals surface area contributed by atoms with Crippen LogP contribution in [0.3, 0.4) is 0 Å². The molecule has 0 saturated carbocycles. The van der Waals surface area contributed by atoms with Gasteiger partial charge in [-0.1, -0.05) is 6.92 Å². The van der Waals surface area contributed by atoms with Crippen LogP contribution in [-0.4, -0.2) is 44.2 Å². The summed E-state index contributed by atoms with van der Waals surface area (Å²) >= 11 is 0. The van der Waals surface area contributed by atoms with Crippen molar-refractivity contribution in [2.45, 2.75) is 19.9 Å². The van der Waals surface area contributed by atoms with Crippen molar-refractivity contribution in [2.75, 3.05) is 36.1 Å². The van der Waals surface area contributed by atoms with Gasteiger partial charge in [0, 0.05) is 30.5 Å². The lowest BCUT2D eigenvalue weighted by Gasteiger charge is -2.29. The Kier molecular flexibility index (Phi) is 3.88. The standard InChI is InChI=1S/C16H21N3O3/c1-10-7-12(19-8-13(17)11(2)16(19)21)3-4-14(10)18-5-6-22-9-15(18)20/h3-4,7,11,13H,5-6,8-9,17H2,1-2H3/t11-,13+/m1/s1. The molecule has 2 fully saturated rings. The molecule has 0 unspecified atom stereocenters. The monoisotopic (exact) mass is 303 g/mol. The molecule has 2 saturated heterocycles. The molecule has 6 nitrogen and oxygen atoms in total. The van der Waals surface area contributed by atoms with Crippen LogP contribution in [0, 0.1) is 12.8 Å². The topological polar surface area (TPSA) is 75.9 Å². The molecular formula is C16H21N3O3. The van der Waals surface area contributed by atoms with Gasteiger partial charge < -0.3 is 20.3 Å². The van der Waals surface area contributed by atoms with Crippen LogP contribution in [0.5, 0.6) is 0 Å². The van der Waals surface area contributed by atoms with Crippen LogP contribution in [0.25, 0.3) is 0 Å². The van der Waals surface area contributed by atoms with Crippen LogP contribution in [0.2, 0.25) is 0 Å². The first kappa shape index (κ1) is 15.0. The Morgan fingerprint density at radius 2 is 2.05 bits per heavy atom. The van der Waals surface area contributed by atoms with Crippen LogP contribution in [0.15, 0.2) is 18.2 Å². The van der Waals surface area contributed by atoms with Gasteiger partial charge in [-0.25, -0.2) is 0 Å². The SMILES string of the molecule is Cc1cc(N2C[C@H](N)[C@@H](C)C2=O)ccc1N1CCOCC1=O. The Balaban J connectivity index is 1.86. The van der Waals surface area contributed by atoms with Crippen molar-refractivity contribution in [1.82, 2.24) is 0 Å². The lowest BCUT2D eigenvalue weighted by molar-refractivity contribution is -0.125. The van der Waals surface area contributed by atoms with Gasteiger partial charge in [0.05, 0.1) is 12.5 Å². The van der Waals surface area contributed by atoms with Gasteiger partial charge in [0.1, 0.15) is 6.61 Å². The van der Waals surface area contributed by atoms with Gasteiger partial charge in [0.15, 0.2) is 0 Å². The Hall–Kier alpha value is -1.92. The molecule has 0 aliphatic carbocycles. The number of hydrogen-bond donors (Lipinski definition) is 1. The number of amides is 2. The Labute approximate surface area is 129 Å². The molecule has 0 spiro atoms. The zero-order chi connectivity index (χ0) is 15.9. The number of aryl methyl sites for hydroxylation is 1. The number of hydrogen-bond acceptors (Lipinski definition) is 4. The van der Waals surface area contributed by atoms with Crippen LogP contribution in [-0.2, 0) is 14.3 Å². The van der Waals surface area contributed by atoms with E-state index < -0.39 is 0 Å². The van der Waals surface area contributed by atoms with Gasteiger partial charge in [-0.15, -0.1) is 0 Å². The van der Waals surface area contributed by atoms with Gasteiger partial charge in [-0.05, 0) is 30.7 Å². The summed E-state index contributed by atoms with van der Waals surface area (Å²) in [6.45, 7) is 5.58. The summed E-state index contributed by atoms with van der Waals surface area (Å²) in [5, 5.41) is 0. The highest BCUT2D eigenvalue weighted by Crippen LogP contribution is 2.30. The normalized spacial score (nSPS) is 26.0. The number of anilines is 2. The van der Waals surface area contributed by atoms with Crippen molar-refractivity contribution in [1.29, 1.82) is 0 Å². The van der Waals surface area contributed by atoms with E-state index in [2.05, 4.69) is 0 Å². The first-order valence-corrected chi connectivity index (χ1v) is 7.55. The summed E-state index contributed by atoms with van der Waals surface area (Å²) in [5.41, 5.74) is 8.65. The fraction of sp³-hybridized carbons (Fsp3) is 0.500. The number of rotatable bonds is 2. The number of nitrogens with two attached hydrogens (primary N) is 1. The highest BCUT2D eigenvalue weighted by molar-refractivity contribution is 5.99. The molecule has 2 N–H and O–H groups in total. The van der Waals surface area contributed by atoms with Crippen molar-refractivity contribution in [3.63, 3.8) is 0 Å². The van der Waals surface area contributed by atoms with E-state index in [4.69, 9.17) is 10.5 Å². The fourth-order valence-electron chi connectivity index (χ4n) is 3.00. The summed E-state index contributed by atoms with van der Waals surface area (Å²) in [4.78, 5) is 27.6. The number of nitrogens with zero attached hydrogens (tertiary/aromatic N) is 2. The van der Waals surface area contributed by atoms with Crippen LogP contribution >= 0.6 is 0 Å². The van der Waals surface area contributed by atoms with Crippen molar-refractivity contribution in [2.24, 2.45) is 11.7 Å². The third-order valence-corrected chi connectivity index (χ3v) is 4.46. The van der Waals surface area contributed by atoms with E-state index in [9.17, 15) is 9.59 Å². The molecule has 0 radical (unpaired) electrons. The van der Waals surface area contributed by atoms with E-state index >= 15 is 0 Å². The summed E-state index contributed by atoms with van der Waals surface area (Å²) in [7, 11) is 0. The highest BCUT2D eigenvalue weighted by atomic mass is 16.5. The molecule has 0 bridgehead atoms. The number of carbonyl (C=O) groups excluding carboxylic acids is 2. The smallest absolute Gasteiger partial charge is 0.253 e. The molecule has 6 heteroatoms. The summed E-state index contributed by atoms with van der Waals surface area (Å²) in [6.07, 6.45) is 0. The molecule has 3 rings (SSSR count). The predicted molar refractivity (Wildman–Crippen MR) is 83.8 cm³/mol. The average Bonchev–Trinajstić information content (AvgIpc) is 2.76. The van der Waals surface area contributed by atoms with Gasteiger partial charge in [-0.2, -0.15) is 0 Å². The van der Waals surface area contributed by atoms with Gasteiger partial charge in [-0.3, -0.25) is 9.59 Å². The highest BCUT2D eigenvalue weighted by Gasteiger charge is 2.35. The molecule has 1 aromatic carbocycles. The second-order valence-corrected chi connectivity index (χ2v) is 5.97. The average molecular weight is 303 g/mol. The first-order chi connectivity index (χ1) is 10.5. The van der Waals surface area contributed by atoms with Gasteiger partial charge in [0.2, 0.25) is 5.91 Å². The van der Waals surface area contributed by atoms with E-state index in [0.717, 1.165) is 16.9 Å². The minimum Gasteiger partial charge on any atom is -0.370 e. The van der Waals surface area contributed by atoms with Crippen LogP contribution < -0.4 is 15.5 Å². The minimum absolute atomic E-state index is 0.0324. The third-order valence-electron chi connectivity index (χ3n) is 4.46. The second-order valence-electron chi connectivity index (χ2n) is 5.97. The molecule has 2 amide bonds. The Morgan fingerprint density at radius 3 is 2.64 bits per heavy atom. The number of carbonyl (C=O) groups is 2. The van der Waals surface area contributed by atoms with E-state index in [1.807, 2.05) is 32.0 Å². The number of ether oxygens (including phenoxy) is 1. The van der Waals surface area contributed by atoms with Crippen LogP contribution in [0.1, 0.15) is 12.5 Å². The zero-order valence-electron chi connectivity index (χ0n) is 12.9. The molecule has 1 aromatic rings. The summed E-state index contributed by atoms with van der Waals surface area (Å²) < 4.78 is 5.16. The first-order valence-electron chi connectivity index (χ1n) is 7.55. The molecule has 118 valence electrons. The predicted octanol–water partition coefficient (Wildman–Crippen LogP) is 0.668. The largest absolute Gasteiger partial charge is 0.370 e. The number of benzene rings is 1. The van der Waals surface area contributed by atoms with E-state index in [0.29, 0.717) is 19.7 Å². The molecule has 2 atom stereocenters. The number of morpholine rings is 1. The molecule has 2 aliphatic rings. The molecular weight excluding hydrogens is 282 g/mol. The van der Waals surface area contributed by atoms with Gasteiger partial charge >= 0.3 is 0 Å². The lowest BCUT2D eigenvalue weighted by Crippen LogP contribution is -2.42. The molecule has 22 heavy (non-hydrogen) atoms. The third kappa shape index (κ3) is 2.48. The Morgan fingerprint density at radius 1 is 1.27 bits per heavy atom. The van der Waals surface area contributed by atoms with Crippen molar-refractivity contribution in [3.8, 4) is 0 Å². The van der Waals surface area contributed by atoms with Crippen molar-refractivity contribution in [3.05, 3.63) is 23.8 Å². The lowest BCUT2D eigenvalue weighted by atomic mass is 10.1. The fourth-order valence-corrected chi connectivity index (χ4v) is 3.00. The summed E-state index contributed by atoms with van der Waals surface area (Å²) in [6, 6.07) is 5.60. The maximum atomic E-state index is 12.2. The van der Waals surface area contributed by atoms with Crippen LogP contribution in [0.4, 0.5) is 11.4 Å². The second kappa shape index (κ2) is 5.70.